The Hall–Kier alpha value is -3.33. The van der Waals surface area contributed by atoms with Crippen molar-refractivity contribution < 1.29 is 13.5 Å². The second-order valence-corrected chi connectivity index (χ2v) is 6.64. The normalized spacial score (nSPS) is 10.5. The summed E-state index contributed by atoms with van der Waals surface area (Å²) in [6, 6.07) is 9.77. The average Bonchev–Trinajstić information content (AvgIpc) is 2.70. The molecule has 0 atom stereocenters. The van der Waals surface area contributed by atoms with Crippen LogP contribution in [-0.2, 0) is 7.05 Å². The van der Waals surface area contributed by atoms with Gasteiger partial charge in [0.15, 0.2) is 11.6 Å². The van der Waals surface area contributed by atoms with Gasteiger partial charge in [-0.15, -0.1) is 0 Å². The molecule has 2 aromatic carbocycles. The Kier molecular flexibility index (Phi) is 6.18. The van der Waals surface area contributed by atoms with Gasteiger partial charge in [0, 0.05) is 20.2 Å². The summed E-state index contributed by atoms with van der Waals surface area (Å²) in [6.07, 6.45) is 0. The van der Waals surface area contributed by atoms with E-state index in [-0.39, 0.29) is 17.1 Å². The molecular weight excluding hydrogens is 398 g/mol. The molecular formula is C20H18F2N4O2S. The number of nitrogens with one attached hydrogen (secondary N) is 2. The first kappa shape index (κ1) is 20.4. The molecule has 3 rings (SSSR count). The quantitative estimate of drug-likeness (QED) is 0.541. The Morgan fingerprint density at radius 1 is 1.17 bits per heavy atom. The lowest BCUT2D eigenvalue weighted by Gasteiger charge is -2.17. The van der Waals surface area contributed by atoms with Crippen LogP contribution in [0.3, 0.4) is 0 Å². The van der Waals surface area contributed by atoms with Gasteiger partial charge in [0.2, 0.25) is 0 Å². The summed E-state index contributed by atoms with van der Waals surface area (Å²) in [7, 11) is 3.16. The van der Waals surface area contributed by atoms with E-state index in [1.165, 1.54) is 29.7 Å². The Bertz CT molecular complexity index is 1120. The fraction of sp³-hybridized carbons (Fsp3) is 0.100. The van der Waals surface area contributed by atoms with Gasteiger partial charge < -0.3 is 14.8 Å². The predicted molar refractivity (Wildman–Crippen MR) is 112 cm³/mol. The molecule has 1 heterocycles. The number of halogens is 2. The van der Waals surface area contributed by atoms with Crippen molar-refractivity contribution in [3.63, 3.8) is 0 Å². The standard InChI is InChI=1S/C20H18F2N4O2S/c1-4-29-25-14-6-5-7-18(28-17-9-8-12(21)10-13(17)22)19(14)15-11-16(23-2)20(27)26(3)24-15/h4-11,23,25H,1H2,2-3H3. The maximum atomic E-state index is 14.1. The lowest BCUT2D eigenvalue weighted by Crippen LogP contribution is -2.22. The molecule has 9 heteroatoms. The Morgan fingerprint density at radius 3 is 2.66 bits per heavy atom. The monoisotopic (exact) mass is 416 g/mol. The van der Waals surface area contributed by atoms with Crippen molar-refractivity contribution in [1.29, 1.82) is 0 Å². The number of ether oxygens (including phenoxy) is 1. The molecule has 150 valence electrons. The van der Waals surface area contributed by atoms with Gasteiger partial charge >= 0.3 is 0 Å². The van der Waals surface area contributed by atoms with Crippen LogP contribution in [0.2, 0.25) is 0 Å². The van der Waals surface area contributed by atoms with E-state index < -0.39 is 11.6 Å². The van der Waals surface area contributed by atoms with E-state index in [0.29, 0.717) is 22.6 Å². The molecule has 0 saturated heterocycles. The minimum absolute atomic E-state index is 0.139. The third kappa shape index (κ3) is 4.40. The smallest absolute Gasteiger partial charge is 0.289 e. The van der Waals surface area contributed by atoms with E-state index in [1.807, 2.05) is 0 Å². The van der Waals surface area contributed by atoms with E-state index in [0.717, 1.165) is 12.1 Å². The van der Waals surface area contributed by atoms with E-state index in [4.69, 9.17) is 4.74 Å². The molecule has 0 aliphatic rings. The Labute approximate surface area is 170 Å². The van der Waals surface area contributed by atoms with Crippen molar-refractivity contribution in [3.8, 4) is 22.8 Å². The van der Waals surface area contributed by atoms with Crippen LogP contribution in [0.25, 0.3) is 11.3 Å². The Balaban J connectivity index is 2.18. The summed E-state index contributed by atoms with van der Waals surface area (Å²) in [6.45, 7) is 3.65. The molecule has 0 aliphatic heterocycles. The summed E-state index contributed by atoms with van der Waals surface area (Å²) in [5.41, 5.74) is 1.57. The largest absolute Gasteiger partial charge is 0.453 e. The summed E-state index contributed by atoms with van der Waals surface area (Å²) in [4.78, 5) is 12.2. The molecule has 0 unspecified atom stereocenters. The van der Waals surface area contributed by atoms with Gasteiger partial charge in [-0.3, -0.25) is 4.79 Å². The molecule has 0 aliphatic carbocycles. The number of benzene rings is 2. The third-order valence-electron chi connectivity index (χ3n) is 3.98. The van der Waals surface area contributed by atoms with Gasteiger partial charge in [0.1, 0.15) is 17.3 Å². The molecule has 0 spiro atoms. The first-order valence-corrected chi connectivity index (χ1v) is 9.37. The van der Waals surface area contributed by atoms with Crippen molar-refractivity contribution in [3.05, 3.63) is 76.4 Å². The molecule has 29 heavy (non-hydrogen) atoms. The maximum Gasteiger partial charge on any atom is 0.289 e. The number of rotatable bonds is 7. The minimum atomic E-state index is -0.834. The Morgan fingerprint density at radius 2 is 1.97 bits per heavy atom. The topological polar surface area (TPSA) is 68.2 Å². The van der Waals surface area contributed by atoms with Gasteiger partial charge in [-0.25, -0.2) is 13.5 Å². The van der Waals surface area contributed by atoms with Crippen LogP contribution < -0.4 is 20.3 Å². The van der Waals surface area contributed by atoms with Crippen LogP contribution >= 0.6 is 11.9 Å². The van der Waals surface area contributed by atoms with Crippen LogP contribution in [-0.4, -0.2) is 16.8 Å². The molecule has 0 amide bonds. The molecule has 3 aromatic rings. The maximum absolute atomic E-state index is 14.1. The fourth-order valence-electron chi connectivity index (χ4n) is 2.66. The summed E-state index contributed by atoms with van der Waals surface area (Å²) in [5.74, 6) is -1.40. The SMILES string of the molecule is C=CSNc1cccc(Oc2ccc(F)cc2F)c1-c1cc(NC)c(=O)n(C)n1. The van der Waals surface area contributed by atoms with E-state index in [9.17, 15) is 13.6 Å². The molecule has 2 N–H and O–H groups in total. The summed E-state index contributed by atoms with van der Waals surface area (Å²) in [5, 5.41) is 8.75. The highest BCUT2D eigenvalue weighted by Gasteiger charge is 2.18. The van der Waals surface area contributed by atoms with Crippen LogP contribution in [0.1, 0.15) is 0 Å². The molecule has 0 bridgehead atoms. The number of aryl methyl sites for hydroxylation is 1. The van der Waals surface area contributed by atoms with Gasteiger partial charge in [0.05, 0.1) is 16.9 Å². The van der Waals surface area contributed by atoms with E-state index in [2.05, 4.69) is 21.7 Å². The molecule has 0 fully saturated rings. The zero-order chi connectivity index (χ0) is 21.0. The van der Waals surface area contributed by atoms with Crippen molar-refractivity contribution in [2.45, 2.75) is 0 Å². The van der Waals surface area contributed by atoms with Crippen molar-refractivity contribution in [2.75, 3.05) is 17.1 Å². The van der Waals surface area contributed by atoms with Crippen LogP contribution in [0.15, 0.2) is 59.2 Å². The molecule has 0 radical (unpaired) electrons. The zero-order valence-corrected chi connectivity index (χ0v) is 16.5. The van der Waals surface area contributed by atoms with Crippen LogP contribution in [0.5, 0.6) is 11.5 Å². The second kappa shape index (κ2) is 8.78. The first-order chi connectivity index (χ1) is 13.9. The number of anilines is 2. The highest BCUT2D eigenvalue weighted by molar-refractivity contribution is 8.03. The molecule has 0 saturated carbocycles. The zero-order valence-electron chi connectivity index (χ0n) is 15.7. The lowest BCUT2D eigenvalue weighted by molar-refractivity contribution is 0.439. The molecule has 6 nitrogen and oxygen atoms in total. The lowest BCUT2D eigenvalue weighted by atomic mass is 10.1. The predicted octanol–water partition coefficient (Wildman–Crippen LogP) is 4.76. The highest BCUT2D eigenvalue weighted by atomic mass is 32.2. The van der Waals surface area contributed by atoms with Crippen LogP contribution in [0.4, 0.5) is 20.2 Å². The number of hydrogen-bond acceptors (Lipinski definition) is 6. The first-order valence-electron chi connectivity index (χ1n) is 8.49. The number of nitrogens with zero attached hydrogens (tertiary/aromatic N) is 2. The minimum Gasteiger partial charge on any atom is -0.453 e. The second-order valence-electron chi connectivity index (χ2n) is 5.86. The number of hydrogen-bond donors (Lipinski definition) is 2. The number of aromatic nitrogens is 2. The fourth-order valence-corrected chi connectivity index (χ4v) is 3.04. The van der Waals surface area contributed by atoms with Crippen molar-refractivity contribution >= 4 is 23.3 Å². The summed E-state index contributed by atoms with van der Waals surface area (Å²) >= 11 is 1.23. The third-order valence-corrected chi connectivity index (χ3v) is 4.49. The van der Waals surface area contributed by atoms with Gasteiger partial charge in [0.25, 0.3) is 5.56 Å². The average molecular weight is 416 g/mol. The molecule has 1 aromatic heterocycles. The van der Waals surface area contributed by atoms with Gasteiger partial charge in [-0.2, -0.15) is 5.10 Å². The van der Waals surface area contributed by atoms with Gasteiger partial charge in [-0.05, 0) is 47.7 Å². The van der Waals surface area contributed by atoms with Gasteiger partial charge in [-0.1, -0.05) is 12.6 Å². The summed E-state index contributed by atoms with van der Waals surface area (Å²) < 4.78 is 37.4. The van der Waals surface area contributed by atoms with E-state index in [1.54, 1.807) is 36.7 Å². The van der Waals surface area contributed by atoms with Crippen molar-refractivity contribution in [1.82, 2.24) is 9.78 Å². The highest BCUT2D eigenvalue weighted by Crippen LogP contribution is 2.40. The van der Waals surface area contributed by atoms with Crippen LogP contribution in [0, 0.1) is 11.6 Å². The van der Waals surface area contributed by atoms with E-state index >= 15 is 0 Å². The van der Waals surface area contributed by atoms with Crippen molar-refractivity contribution in [2.24, 2.45) is 7.05 Å².